The van der Waals surface area contributed by atoms with Crippen molar-refractivity contribution in [3.05, 3.63) is 59.4 Å². The van der Waals surface area contributed by atoms with E-state index in [1.54, 1.807) is 24.3 Å². The predicted molar refractivity (Wildman–Crippen MR) is 102 cm³/mol. The summed E-state index contributed by atoms with van der Waals surface area (Å²) in [4.78, 5) is 13.6. The van der Waals surface area contributed by atoms with Gasteiger partial charge in [0.25, 0.3) is 0 Å². The molecule has 0 bridgehead atoms. The molecule has 0 aliphatic carbocycles. The van der Waals surface area contributed by atoms with E-state index in [4.69, 9.17) is 0 Å². The molecular weight excluding hydrogens is 371 g/mol. The fourth-order valence-electron chi connectivity index (χ4n) is 3.15. The molecule has 0 spiro atoms. The Balaban J connectivity index is 1.84. The first-order valence-electron chi connectivity index (χ1n) is 8.61. The van der Waals surface area contributed by atoms with Crippen molar-refractivity contribution in [1.29, 1.82) is 0 Å². The van der Waals surface area contributed by atoms with Gasteiger partial charge in [-0.25, -0.2) is 17.6 Å². The van der Waals surface area contributed by atoms with Crippen LogP contribution in [0.4, 0.5) is 15.8 Å². The summed E-state index contributed by atoms with van der Waals surface area (Å²) in [5, 5.41) is 0. The van der Waals surface area contributed by atoms with E-state index in [-0.39, 0.29) is 17.0 Å². The minimum atomic E-state index is -3.88. The number of hydrogen-bond acceptors (Lipinski definition) is 5. The number of benzene rings is 2. The Bertz CT molecular complexity index is 940. The van der Waals surface area contributed by atoms with Crippen molar-refractivity contribution < 1.29 is 22.3 Å². The average molecular weight is 392 g/mol. The second-order valence-electron chi connectivity index (χ2n) is 6.38. The number of anilines is 2. The maximum absolute atomic E-state index is 14.4. The van der Waals surface area contributed by atoms with Crippen LogP contribution in [0.3, 0.4) is 0 Å². The lowest BCUT2D eigenvalue weighted by molar-refractivity contribution is 0.0600. The Labute approximate surface area is 158 Å². The van der Waals surface area contributed by atoms with Crippen LogP contribution >= 0.6 is 0 Å². The number of nitrogens with zero attached hydrogens (tertiary/aromatic N) is 1. The maximum Gasteiger partial charge on any atom is 0.337 e. The minimum absolute atomic E-state index is 0.0384. The molecule has 1 aliphatic heterocycles. The molecule has 27 heavy (non-hydrogen) atoms. The summed E-state index contributed by atoms with van der Waals surface area (Å²) in [5.41, 5.74) is 1.17. The van der Waals surface area contributed by atoms with Gasteiger partial charge >= 0.3 is 5.97 Å². The molecule has 1 saturated heterocycles. The summed E-state index contributed by atoms with van der Waals surface area (Å²) < 4.78 is 46.7. The summed E-state index contributed by atoms with van der Waals surface area (Å²) >= 11 is 0. The number of halogens is 1. The first kappa shape index (κ1) is 19.2. The van der Waals surface area contributed by atoms with Gasteiger partial charge in [-0.15, -0.1) is 0 Å². The van der Waals surface area contributed by atoms with Crippen LogP contribution in [0.15, 0.2) is 42.5 Å². The van der Waals surface area contributed by atoms with Crippen LogP contribution in [-0.4, -0.2) is 34.6 Å². The van der Waals surface area contributed by atoms with E-state index in [0.29, 0.717) is 11.3 Å². The second kappa shape index (κ2) is 7.96. The number of hydrogen-bond donors (Lipinski definition) is 1. The minimum Gasteiger partial charge on any atom is -0.465 e. The molecule has 1 N–H and O–H groups in total. The number of esters is 1. The Morgan fingerprint density at radius 2 is 1.89 bits per heavy atom. The highest BCUT2D eigenvalue weighted by Crippen LogP contribution is 2.32. The van der Waals surface area contributed by atoms with E-state index in [9.17, 15) is 17.6 Å². The van der Waals surface area contributed by atoms with Crippen molar-refractivity contribution in [2.24, 2.45) is 0 Å². The number of nitrogens with one attached hydrogen (secondary N) is 1. The van der Waals surface area contributed by atoms with E-state index in [0.717, 1.165) is 25.9 Å². The van der Waals surface area contributed by atoms with Gasteiger partial charge in [0.15, 0.2) is 0 Å². The van der Waals surface area contributed by atoms with Crippen LogP contribution in [0.25, 0.3) is 0 Å². The van der Waals surface area contributed by atoms with Crippen molar-refractivity contribution in [3.8, 4) is 0 Å². The van der Waals surface area contributed by atoms with Crippen molar-refractivity contribution in [2.45, 2.75) is 18.6 Å². The first-order valence-corrected chi connectivity index (χ1v) is 10.3. The molecule has 0 amide bonds. The van der Waals surface area contributed by atoms with Crippen molar-refractivity contribution in [1.82, 2.24) is 0 Å². The number of sulfonamides is 1. The smallest absolute Gasteiger partial charge is 0.337 e. The molecule has 3 rings (SSSR count). The standard InChI is InChI=1S/C19H21FN2O4S/c1-26-19(23)15-7-4-6-14(12-15)13-27(24,25)21-18-16(20)8-5-9-17(18)22-10-2-3-11-22/h4-9,12,21H,2-3,10-11,13H2,1H3. The van der Waals surface area contributed by atoms with Crippen LogP contribution in [-0.2, 0) is 20.5 Å². The summed E-state index contributed by atoms with van der Waals surface area (Å²) in [6.45, 7) is 1.53. The van der Waals surface area contributed by atoms with Gasteiger partial charge < -0.3 is 9.64 Å². The molecule has 2 aromatic carbocycles. The largest absolute Gasteiger partial charge is 0.465 e. The van der Waals surface area contributed by atoms with E-state index < -0.39 is 21.8 Å². The molecular formula is C19H21FN2O4S. The first-order chi connectivity index (χ1) is 12.9. The second-order valence-corrected chi connectivity index (χ2v) is 8.10. The number of methoxy groups -OCH3 is 1. The molecule has 0 aromatic heterocycles. The molecule has 1 heterocycles. The molecule has 1 fully saturated rings. The molecule has 144 valence electrons. The summed E-state index contributed by atoms with van der Waals surface area (Å²) in [6.07, 6.45) is 1.98. The lowest BCUT2D eigenvalue weighted by Crippen LogP contribution is -2.22. The average Bonchev–Trinajstić information content (AvgIpc) is 3.17. The lowest BCUT2D eigenvalue weighted by atomic mass is 10.1. The summed E-state index contributed by atoms with van der Waals surface area (Å²) in [5.74, 6) is -1.55. The van der Waals surface area contributed by atoms with Gasteiger partial charge in [-0.1, -0.05) is 18.2 Å². The number of carbonyl (C=O) groups is 1. The van der Waals surface area contributed by atoms with Crippen LogP contribution < -0.4 is 9.62 Å². The van der Waals surface area contributed by atoms with E-state index in [1.807, 2.05) is 4.90 Å². The molecule has 0 unspecified atom stereocenters. The molecule has 0 saturated carbocycles. The van der Waals surface area contributed by atoms with Crippen LogP contribution in [0.5, 0.6) is 0 Å². The molecule has 8 heteroatoms. The summed E-state index contributed by atoms with van der Waals surface area (Å²) in [6, 6.07) is 10.7. The molecule has 0 radical (unpaired) electrons. The fraction of sp³-hybridized carbons (Fsp3) is 0.316. The van der Waals surface area contributed by atoms with E-state index in [1.165, 1.54) is 25.3 Å². The monoisotopic (exact) mass is 392 g/mol. The van der Waals surface area contributed by atoms with Crippen LogP contribution in [0.2, 0.25) is 0 Å². The van der Waals surface area contributed by atoms with Crippen molar-refractivity contribution in [3.63, 3.8) is 0 Å². The van der Waals surface area contributed by atoms with Gasteiger partial charge in [0.1, 0.15) is 11.5 Å². The molecule has 6 nitrogen and oxygen atoms in total. The zero-order chi connectivity index (χ0) is 19.4. The Morgan fingerprint density at radius 3 is 2.59 bits per heavy atom. The summed E-state index contributed by atoms with van der Waals surface area (Å²) in [7, 11) is -2.62. The normalized spacial score (nSPS) is 14.2. The van der Waals surface area contributed by atoms with Gasteiger partial charge in [0.2, 0.25) is 10.0 Å². The quantitative estimate of drug-likeness (QED) is 0.765. The predicted octanol–water partition coefficient (Wildman–Crippen LogP) is 3.15. The van der Waals surface area contributed by atoms with Gasteiger partial charge in [-0.3, -0.25) is 4.72 Å². The van der Waals surface area contributed by atoms with E-state index in [2.05, 4.69) is 9.46 Å². The zero-order valence-electron chi connectivity index (χ0n) is 14.9. The van der Waals surface area contributed by atoms with Gasteiger partial charge in [-0.05, 0) is 42.7 Å². The van der Waals surface area contributed by atoms with Crippen LogP contribution in [0.1, 0.15) is 28.8 Å². The number of para-hydroxylation sites is 1. The molecule has 0 atom stereocenters. The van der Waals surface area contributed by atoms with Gasteiger partial charge in [0, 0.05) is 13.1 Å². The number of ether oxygens (including phenoxy) is 1. The topological polar surface area (TPSA) is 75.7 Å². The Kier molecular flexibility index (Phi) is 5.65. The lowest BCUT2D eigenvalue weighted by Gasteiger charge is -2.22. The third kappa shape index (κ3) is 4.57. The highest BCUT2D eigenvalue weighted by atomic mass is 32.2. The Morgan fingerprint density at radius 1 is 1.19 bits per heavy atom. The SMILES string of the molecule is COC(=O)c1cccc(CS(=O)(=O)Nc2c(F)cccc2N2CCCC2)c1. The van der Waals surface area contributed by atoms with Gasteiger partial charge in [0.05, 0.1) is 24.1 Å². The highest BCUT2D eigenvalue weighted by Gasteiger charge is 2.22. The third-order valence-electron chi connectivity index (χ3n) is 4.40. The van der Waals surface area contributed by atoms with Crippen LogP contribution in [0, 0.1) is 5.82 Å². The fourth-order valence-corrected chi connectivity index (χ4v) is 4.36. The van der Waals surface area contributed by atoms with Gasteiger partial charge in [-0.2, -0.15) is 0 Å². The third-order valence-corrected chi connectivity index (χ3v) is 5.63. The highest BCUT2D eigenvalue weighted by molar-refractivity contribution is 7.91. The zero-order valence-corrected chi connectivity index (χ0v) is 15.8. The molecule has 2 aromatic rings. The van der Waals surface area contributed by atoms with Crippen molar-refractivity contribution >= 4 is 27.4 Å². The number of rotatable bonds is 6. The maximum atomic E-state index is 14.4. The van der Waals surface area contributed by atoms with Crippen molar-refractivity contribution in [2.75, 3.05) is 29.8 Å². The van der Waals surface area contributed by atoms with E-state index >= 15 is 0 Å². The number of carbonyl (C=O) groups excluding carboxylic acids is 1. The Hall–Kier alpha value is -2.61. The molecule has 1 aliphatic rings.